The van der Waals surface area contributed by atoms with Crippen molar-refractivity contribution in [3.63, 3.8) is 0 Å². The summed E-state index contributed by atoms with van der Waals surface area (Å²) in [5, 5.41) is 17.3. The summed E-state index contributed by atoms with van der Waals surface area (Å²) in [6, 6.07) is 4.56. The quantitative estimate of drug-likeness (QED) is 0.600. The second-order valence-corrected chi connectivity index (χ2v) is 6.14. The smallest absolute Gasteiger partial charge is 0.282 e. The number of benzene rings is 1. The van der Waals surface area contributed by atoms with Crippen LogP contribution in [0.25, 0.3) is 0 Å². The molecule has 1 saturated heterocycles. The number of nitro groups is 1. The number of carbonyl (C=O) groups excluding carboxylic acids is 1. The van der Waals surface area contributed by atoms with Crippen LogP contribution in [0.4, 0.5) is 5.69 Å². The topological polar surface area (TPSA) is 93.5 Å². The van der Waals surface area contributed by atoms with Crippen LogP contribution in [-0.4, -0.2) is 44.2 Å². The third-order valence-electron chi connectivity index (χ3n) is 4.33. The van der Waals surface area contributed by atoms with Crippen molar-refractivity contribution in [2.45, 2.75) is 19.8 Å². The summed E-state index contributed by atoms with van der Waals surface area (Å²) >= 11 is 0. The Labute approximate surface area is 147 Å². The van der Waals surface area contributed by atoms with Gasteiger partial charge in [0.25, 0.3) is 11.6 Å². The molecule has 0 unspecified atom stereocenters. The first kappa shape index (κ1) is 20.3. The number of ether oxygens (including phenoxy) is 1. The second kappa shape index (κ2) is 8.96. The van der Waals surface area contributed by atoms with E-state index < -0.39 is 10.8 Å². The summed E-state index contributed by atoms with van der Waals surface area (Å²) in [5.74, 6) is -0.408. The SMILES string of the molecule is COCC1(CNC(=O)c2cc(C)ccc2[N+](=O)[O-])CCNCC1.Cl. The number of amides is 1. The molecule has 1 aliphatic rings. The van der Waals surface area contributed by atoms with E-state index in [4.69, 9.17) is 4.74 Å². The van der Waals surface area contributed by atoms with Gasteiger partial charge in [-0.3, -0.25) is 14.9 Å². The molecule has 0 aromatic heterocycles. The van der Waals surface area contributed by atoms with Crippen LogP contribution in [0.2, 0.25) is 0 Å². The minimum atomic E-state index is -0.524. The van der Waals surface area contributed by atoms with Crippen molar-refractivity contribution in [2.24, 2.45) is 5.41 Å². The molecule has 134 valence electrons. The molecule has 0 atom stereocenters. The Balaban J connectivity index is 0.00000288. The average molecular weight is 358 g/mol. The maximum Gasteiger partial charge on any atom is 0.282 e. The molecule has 8 heteroatoms. The molecular weight excluding hydrogens is 334 g/mol. The minimum absolute atomic E-state index is 0. The van der Waals surface area contributed by atoms with Gasteiger partial charge in [-0.15, -0.1) is 12.4 Å². The Morgan fingerprint density at radius 1 is 1.42 bits per heavy atom. The van der Waals surface area contributed by atoms with Gasteiger partial charge in [-0.2, -0.15) is 0 Å². The number of piperidine rings is 1. The third kappa shape index (κ3) is 4.90. The van der Waals surface area contributed by atoms with E-state index in [1.165, 1.54) is 6.07 Å². The standard InChI is InChI=1S/C16H23N3O4.ClH/c1-12-3-4-14(19(21)22)13(9-12)15(20)18-10-16(11-23-2)5-7-17-8-6-16;/h3-4,9,17H,5-8,10-11H2,1-2H3,(H,18,20);1H. The highest BCUT2D eigenvalue weighted by Crippen LogP contribution is 2.28. The van der Waals surface area contributed by atoms with E-state index >= 15 is 0 Å². The van der Waals surface area contributed by atoms with Gasteiger partial charge >= 0.3 is 0 Å². The van der Waals surface area contributed by atoms with E-state index in [2.05, 4.69) is 10.6 Å². The van der Waals surface area contributed by atoms with Gasteiger partial charge < -0.3 is 15.4 Å². The van der Waals surface area contributed by atoms with Gasteiger partial charge in [0.15, 0.2) is 0 Å². The molecule has 2 rings (SSSR count). The normalized spacial score (nSPS) is 16.1. The van der Waals surface area contributed by atoms with Crippen LogP contribution in [-0.2, 0) is 4.74 Å². The highest BCUT2D eigenvalue weighted by atomic mass is 35.5. The first-order chi connectivity index (χ1) is 11.0. The van der Waals surface area contributed by atoms with Crippen LogP contribution in [0.5, 0.6) is 0 Å². The lowest BCUT2D eigenvalue weighted by Gasteiger charge is -2.37. The Kier molecular flexibility index (Phi) is 7.59. The fourth-order valence-corrected chi connectivity index (χ4v) is 2.99. The lowest BCUT2D eigenvalue weighted by Crippen LogP contribution is -2.47. The lowest BCUT2D eigenvalue weighted by atomic mass is 9.79. The third-order valence-corrected chi connectivity index (χ3v) is 4.33. The first-order valence-electron chi connectivity index (χ1n) is 7.70. The van der Waals surface area contributed by atoms with Crippen molar-refractivity contribution < 1.29 is 14.5 Å². The number of rotatable bonds is 6. The zero-order valence-electron chi connectivity index (χ0n) is 14.0. The fourth-order valence-electron chi connectivity index (χ4n) is 2.99. The molecule has 1 amide bonds. The van der Waals surface area contributed by atoms with Crippen molar-refractivity contribution in [3.05, 3.63) is 39.4 Å². The fraction of sp³-hybridized carbons (Fsp3) is 0.562. The maximum atomic E-state index is 12.4. The van der Waals surface area contributed by atoms with E-state index in [1.54, 1.807) is 26.2 Å². The van der Waals surface area contributed by atoms with E-state index in [0.717, 1.165) is 31.5 Å². The summed E-state index contributed by atoms with van der Waals surface area (Å²) in [6.07, 6.45) is 1.80. The minimum Gasteiger partial charge on any atom is -0.384 e. The highest BCUT2D eigenvalue weighted by Gasteiger charge is 2.33. The molecule has 2 N–H and O–H groups in total. The predicted molar refractivity (Wildman–Crippen MR) is 93.8 cm³/mol. The Morgan fingerprint density at radius 3 is 2.67 bits per heavy atom. The summed E-state index contributed by atoms with van der Waals surface area (Å²) < 4.78 is 5.32. The van der Waals surface area contributed by atoms with Crippen LogP contribution in [0.1, 0.15) is 28.8 Å². The number of hydrogen-bond acceptors (Lipinski definition) is 5. The predicted octanol–water partition coefficient (Wildman–Crippen LogP) is 2.07. The van der Waals surface area contributed by atoms with E-state index in [-0.39, 0.29) is 29.1 Å². The van der Waals surface area contributed by atoms with Crippen molar-refractivity contribution in [3.8, 4) is 0 Å². The van der Waals surface area contributed by atoms with Gasteiger partial charge in [-0.25, -0.2) is 0 Å². The Bertz CT molecular complexity index is 583. The second-order valence-electron chi connectivity index (χ2n) is 6.14. The van der Waals surface area contributed by atoms with Crippen LogP contribution in [0.15, 0.2) is 18.2 Å². The van der Waals surface area contributed by atoms with Crippen molar-refractivity contribution in [2.75, 3.05) is 33.4 Å². The zero-order valence-corrected chi connectivity index (χ0v) is 14.8. The molecule has 0 saturated carbocycles. The van der Waals surface area contributed by atoms with Gasteiger partial charge in [0, 0.05) is 25.1 Å². The van der Waals surface area contributed by atoms with Gasteiger partial charge in [-0.1, -0.05) is 6.07 Å². The van der Waals surface area contributed by atoms with Crippen molar-refractivity contribution >= 4 is 24.0 Å². The van der Waals surface area contributed by atoms with Crippen LogP contribution >= 0.6 is 12.4 Å². The molecule has 0 radical (unpaired) electrons. The van der Waals surface area contributed by atoms with Gasteiger partial charge in [-0.05, 0) is 44.5 Å². The van der Waals surface area contributed by atoms with Gasteiger partial charge in [0.05, 0.1) is 11.5 Å². The summed E-state index contributed by atoms with van der Waals surface area (Å²) in [7, 11) is 1.65. The monoisotopic (exact) mass is 357 g/mol. The van der Waals surface area contributed by atoms with Crippen LogP contribution in [0, 0.1) is 22.5 Å². The molecule has 7 nitrogen and oxygen atoms in total. The van der Waals surface area contributed by atoms with Gasteiger partial charge in [0.1, 0.15) is 5.56 Å². The molecule has 1 heterocycles. The molecule has 1 fully saturated rings. The molecule has 0 spiro atoms. The number of carbonyl (C=O) groups is 1. The molecule has 0 aliphatic carbocycles. The molecule has 1 aromatic rings. The summed E-state index contributed by atoms with van der Waals surface area (Å²) in [4.78, 5) is 23.0. The molecule has 0 bridgehead atoms. The van der Waals surface area contributed by atoms with Crippen molar-refractivity contribution in [1.82, 2.24) is 10.6 Å². The molecule has 24 heavy (non-hydrogen) atoms. The Morgan fingerprint density at radius 2 is 2.08 bits per heavy atom. The summed E-state index contributed by atoms with van der Waals surface area (Å²) in [5.41, 5.74) is 0.638. The summed E-state index contributed by atoms with van der Waals surface area (Å²) in [6.45, 7) is 4.57. The van der Waals surface area contributed by atoms with Crippen LogP contribution in [0.3, 0.4) is 0 Å². The number of methoxy groups -OCH3 is 1. The maximum absolute atomic E-state index is 12.4. The number of nitrogens with one attached hydrogen (secondary N) is 2. The highest BCUT2D eigenvalue weighted by molar-refractivity contribution is 5.98. The van der Waals surface area contributed by atoms with E-state index in [1.807, 2.05) is 0 Å². The molecular formula is C16H24ClN3O4. The lowest BCUT2D eigenvalue weighted by molar-refractivity contribution is -0.385. The first-order valence-corrected chi connectivity index (χ1v) is 7.70. The number of nitrogens with zero attached hydrogens (tertiary/aromatic N) is 1. The van der Waals surface area contributed by atoms with E-state index in [9.17, 15) is 14.9 Å². The number of nitro benzene ring substituents is 1. The Hall–Kier alpha value is -1.70. The van der Waals surface area contributed by atoms with Crippen molar-refractivity contribution in [1.29, 1.82) is 0 Å². The molecule has 1 aliphatic heterocycles. The van der Waals surface area contributed by atoms with E-state index in [0.29, 0.717) is 13.2 Å². The number of hydrogen-bond donors (Lipinski definition) is 2. The molecule has 1 aromatic carbocycles. The number of halogens is 1. The van der Waals surface area contributed by atoms with Crippen LogP contribution < -0.4 is 10.6 Å². The largest absolute Gasteiger partial charge is 0.384 e. The average Bonchev–Trinajstić information content (AvgIpc) is 2.53. The number of aryl methyl sites for hydroxylation is 1. The zero-order chi connectivity index (χ0) is 16.9. The van der Waals surface area contributed by atoms with Gasteiger partial charge in [0.2, 0.25) is 0 Å².